The van der Waals surface area contributed by atoms with Gasteiger partial charge >= 0.3 is 0 Å². The number of thiazole rings is 1. The lowest BCUT2D eigenvalue weighted by molar-refractivity contribution is -0.126. The standard InChI is InChI=1S/C29H33ClN6O2S/c1-20-5-3-6-24(30)27(20)33-28(38)25-18-31-29(39-25)32-23-9-8-22-19-36(12-10-21(22)17-23)26(37)7-4-11-35-15-13-34(2)14-16-35/h3-9,17-18H,10-16,19H2,1-2H3,(H,31,32)(H,33,38)/b7-4+. The van der Waals surface area contributed by atoms with Crippen LogP contribution in [0.4, 0.5) is 16.5 Å². The summed E-state index contributed by atoms with van der Waals surface area (Å²) in [6.45, 7) is 8.25. The van der Waals surface area contributed by atoms with Crippen molar-refractivity contribution in [3.05, 3.63) is 81.3 Å². The van der Waals surface area contributed by atoms with E-state index in [2.05, 4.69) is 44.6 Å². The molecular weight excluding hydrogens is 532 g/mol. The van der Waals surface area contributed by atoms with Gasteiger partial charge in [-0.25, -0.2) is 4.98 Å². The summed E-state index contributed by atoms with van der Waals surface area (Å²) >= 11 is 7.53. The van der Waals surface area contributed by atoms with E-state index in [1.54, 1.807) is 18.3 Å². The van der Waals surface area contributed by atoms with Gasteiger partial charge < -0.3 is 20.4 Å². The fourth-order valence-corrected chi connectivity index (χ4v) is 5.78. The van der Waals surface area contributed by atoms with Crippen molar-refractivity contribution >= 4 is 51.3 Å². The number of nitrogens with one attached hydrogen (secondary N) is 2. The fraction of sp³-hybridized carbons (Fsp3) is 0.345. The van der Waals surface area contributed by atoms with Gasteiger partial charge in [-0.15, -0.1) is 0 Å². The molecule has 0 aliphatic carbocycles. The Morgan fingerprint density at radius 3 is 2.72 bits per heavy atom. The molecule has 2 amide bonds. The summed E-state index contributed by atoms with van der Waals surface area (Å²) in [6.07, 6.45) is 6.08. The summed E-state index contributed by atoms with van der Waals surface area (Å²) in [5.41, 5.74) is 4.79. The molecule has 2 N–H and O–H groups in total. The zero-order valence-corrected chi connectivity index (χ0v) is 23.8. The second-order valence-electron chi connectivity index (χ2n) is 10.0. The molecular formula is C29H33ClN6O2S. The van der Waals surface area contributed by atoms with Crippen LogP contribution in [-0.4, -0.2) is 77.8 Å². The summed E-state index contributed by atoms with van der Waals surface area (Å²) in [5.74, 6) is -0.179. The van der Waals surface area contributed by atoms with Gasteiger partial charge in [0.25, 0.3) is 5.91 Å². The number of benzene rings is 2. The average molecular weight is 565 g/mol. The third-order valence-corrected chi connectivity index (χ3v) is 8.42. The third kappa shape index (κ3) is 6.86. The Balaban J connectivity index is 1.15. The third-order valence-electron chi connectivity index (χ3n) is 7.19. The van der Waals surface area contributed by atoms with Gasteiger partial charge in [0.1, 0.15) is 4.88 Å². The van der Waals surface area contributed by atoms with Gasteiger partial charge in [-0.1, -0.05) is 47.2 Å². The molecule has 2 aromatic carbocycles. The van der Waals surface area contributed by atoms with Crippen LogP contribution < -0.4 is 10.6 Å². The van der Waals surface area contributed by atoms with Crippen LogP contribution in [0.15, 0.2) is 54.7 Å². The van der Waals surface area contributed by atoms with Crippen molar-refractivity contribution in [1.82, 2.24) is 19.7 Å². The number of hydrogen-bond acceptors (Lipinski definition) is 7. The number of para-hydroxylation sites is 1. The van der Waals surface area contributed by atoms with E-state index in [-0.39, 0.29) is 11.8 Å². The minimum Gasteiger partial charge on any atom is -0.335 e. The number of piperazine rings is 1. The number of carbonyl (C=O) groups excluding carboxylic acids is 2. The Morgan fingerprint density at radius 1 is 1.10 bits per heavy atom. The molecule has 1 aromatic heterocycles. The molecule has 0 bridgehead atoms. The molecule has 0 atom stereocenters. The molecule has 0 spiro atoms. The van der Waals surface area contributed by atoms with Crippen molar-refractivity contribution in [2.45, 2.75) is 19.9 Å². The fourth-order valence-electron chi connectivity index (χ4n) is 4.78. The zero-order valence-electron chi connectivity index (χ0n) is 22.2. The van der Waals surface area contributed by atoms with Gasteiger partial charge in [0.05, 0.1) is 16.9 Å². The molecule has 0 saturated carbocycles. The number of amides is 2. The van der Waals surface area contributed by atoms with E-state index in [0.29, 0.717) is 33.8 Å². The number of aryl methyl sites for hydroxylation is 1. The molecule has 0 radical (unpaired) electrons. The van der Waals surface area contributed by atoms with Gasteiger partial charge in [0.2, 0.25) is 5.91 Å². The maximum Gasteiger partial charge on any atom is 0.267 e. The Kier molecular flexibility index (Phi) is 8.62. The SMILES string of the molecule is Cc1cccc(Cl)c1NC(=O)c1cnc(Nc2ccc3c(c2)CCN(C(=O)/C=C/CN2CCN(C)CC2)C3)s1. The molecule has 3 heterocycles. The highest BCUT2D eigenvalue weighted by molar-refractivity contribution is 7.17. The second kappa shape index (κ2) is 12.3. The summed E-state index contributed by atoms with van der Waals surface area (Å²) < 4.78 is 0. The Labute approximate surface area is 238 Å². The number of anilines is 3. The second-order valence-corrected chi connectivity index (χ2v) is 11.5. The molecule has 1 saturated heterocycles. The van der Waals surface area contributed by atoms with Crippen molar-refractivity contribution in [2.24, 2.45) is 0 Å². The monoisotopic (exact) mass is 564 g/mol. The molecule has 1 fully saturated rings. The first kappa shape index (κ1) is 27.3. The highest BCUT2D eigenvalue weighted by Gasteiger charge is 2.20. The molecule has 2 aliphatic heterocycles. The normalized spacial score (nSPS) is 16.3. The quantitative estimate of drug-likeness (QED) is 0.402. The molecule has 204 valence electrons. The highest BCUT2D eigenvalue weighted by Crippen LogP contribution is 2.29. The van der Waals surface area contributed by atoms with Crippen molar-refractivity contribution in [3.63, 3.8) is 0 Å². The van der Waals surface area contributed by atoms with Crippen molar-refractivity contribution in [2.75, 3.05) is 56.9 Å². The number of hydrogen-bond donors (Lipinski definition) is 2. The van der Waals surface area contributed by atoms with Gasteiger partial charge in [0, 0.05) is 57.6 Å². The number of fused-ring (bicyclic) bond motifs is 1. The molecule has 3 aromatic rings. The van der Waals surface area contributed by atoms with Gasteiger partial charge in [0.15, 0.2) is 5.13 Å². The van der Waals surface area contributed by atoms with Crippen LogP contribution in [0, 0.1) is 6.92 Å². The van der Waals surface area contributed by atoms with E-state index in [1.165, 1.54) is 16.9 Å². The first-order valence-corrected chi connectivity index (χ1v) is 14.3. The van der Waals surface area contributed by atoms with E-state index >= 15 is 0 Å². The maximum atomic E-state index is 12.8. The van der Waals surface area contributed by atoms with Gasteiger partial charge in [-0.2, -0.15) is 0 Å². The predicted molar refractivity (Wildman–Crippen MR) is 158 cm³/mol. The Morgan fingerprint density at radius 2 is 1.92 bits per heavy atom. The maximum absolute atomic E-state index is 12.8. The topological polar surface area (TPSA) is 80.8 Å². The lowest BCUT2D eigenvalue weighted by atomic mass is 9.99. The number of aromatic nitrogens is 1. The van der Waals surface area contributed by atoms with E-state index < -0.39 is 0 Å². The van der Waals surface area contributed by atoms with E-state index in [0.717, 1.165) is 56.0 Å². The summed E-state index contributed by atoms with van der Waals surface area (Å²) in [4.78, 5) is 37.0. The van der Waals surface area contributed by atoms with Crippen LogP contribution in [0.25, 0.3) is 0 Å². The number of rotatable bonds is 7. The largest absolute Gasteiger partial charge is 0.335 e. The summed E-state index contributed by atoms with van der Waals surface area (Å²) in [7, 11) is 2.14. The van der Waals surface area contributed by atoms with Gasteiger partial charge in [-0.05, 0) is 55.3 Å². The van der Waals surface area contributed by atoms with Crippen molar-refractivity contribution in [3.8, 4) is 0 Å². The number of nitrogens with zero attached hydrogens (tertiary/aromatic N) is 4. The smallest absolute Gasteiger partial charge is 0.267 e. The zero-order chi connectivity index (χ0) is 27.4. The van der Waals surface area contributed by atoms with Crippen LogP contribution >= 0.6 is 22.9 Å². The molecule has 8 nitrogen and oxygen atoms in total. The molecule has 0 unspecified atom stereocenters. The van der Waals surface area contributed by atoms with Crippen LogP contribution in [0.1, 0.15) is 26.4 Å². The minimum atomic E-state index is -0.246. The summed E-state index contributed by atoms with van der Waals surface area (Å²) in [5, 5.41) is 7.34. The first-order valence-electron chi connectivity index (χ1n) is 13.1. The lowest BCUT2D eigenvalue weighted by Crippen LogP contribution is -2.44. The highest BCUT2D eigenvalue weighted by atomic mass is 35.5. The molecule has 39 heavy (non-hydrogen) atoms. The van der Waals surface area contributed by atoms with Crippen LogP contribution in [0.2, 0.25) is 5.02 Å². The van der Waals surface area contributed by atoms with Crippen LogP contribution in [0.3, 0.4) is 0 Å². The molecule has 2 aliphatic rings. The van der Waals surface area contributed by atoms with E-state index in [4.69, 9.17) is 11.6 Å². The molecule has 5 rings (SSSR count). The number of carbonyl (C=O) groups is 2. The van der Waals surface area contributed by atoms with Crippen LogP contribution in [-0.2, 0) is 17.8 Å². The van der Waals surface area contributed by atoms with Crippen molar-refractivity contribution < 1.29 is 9.59 Å². The predicted octanol–water partition coefficient (Wildman–Crippen LogP) is 4.79. The van der Waals surface area contributed by atoms with Crippen molar-refractivity contribution in [1.29, 1.82) is 0 Å². The Hall–Kier alpha value is -3.24. The minimum absolute atomic E-state index is 0.0672. The number of halogens is 1. The lowest BCUT2D eigenvalue weighted by Gasteiger charge is -2.31. The first-order chi connectivity index (χ1) is 18.9. The van der Waals surface area contributed by atoms with Gasteiger partial charge in [-0.3, -0.25) is 14.5 Å². The Bertz CT molecular complexity index is 1360. The number of likely N-dealkylation sites (N-methyl/N-ethyl adjacent to an activating group) is 1. The summed E-state index contributed by atoms with van der Waals surface area (Å²) in [6, 6.07) is 11.7. The van der Waals surface area contributed by atoms with Crippen LogP contribution in [0.5, 0.6) is 0 Å². The van der Waals surface area contributed by atoms with E-state index in [9.17, 15) is 9.59 Å². The average Bonchev–Trinajstić information content (AvgIpc) is 3.40. The van der Waals surface area contributed by atoms with E-state index in [1.807, 2.05) is 36.1 Å². The molecule has 10 heteroatoms.